The maximum absolute atomic E-state index is 12.7. The summed E-state index contributed by atoms with van der Waals surface area (Å²) in [5.74, 6) is 0.345. The van der Waals surface area contributed by atoms with Crippen LogP contribution in [0.5, 0.6) is 0 Å². The zero-order valence-corrected chi connectivity index (χ0v) is 17.3. The Labute approximate surface area is 163 Å². The molecule has 3 aromatic rings. The molecule has 0 bridgehead atoms. The molecule has 0 radical (unpaired) electrons. The summed E-state index contributed by atoms with van der Waals surface area (Å²) in [6, 6.07) is 5.63. The molecule has 0 saturated heterocycles. The smallest absolute Gasteiger partial charge is 0.266 e. The van der Waals surface area contributed by atoms with Crippen LogP contribution in [0.15, 0.2) is 27.5 Å². The van der Waals surface area contributed by atoms with E-state index in [0.717, 1.165) is 10.0 Å². The van der Waals surface area contributed by atoms with Crippen LogP contribution in [0.4, 0.5) is 5.69 Å². The summed E-state index contributed by atoms with van der Waals surface area (Å²) in [7, 11) is 3.81. The number of hydrogen-bond donors (Lipinski definition) is 2. The number of amides is 1. The number of anilines is 1. The second-order valence-corrected chi connectivity index (χ2v) is 8.26. The van der Waals surface area contributed by atoms with Crippen LogP contribution < -0.4 is 10.9 Å². The fourth-order valence-corrected chi connectivity index (χ4v) is 4.11. The minimum Gasteiger partial charge on any atom is -0.321 e. The third-order valence-electron chi connectivity index (χ3n) is 3.95. The molecular formula is C18H19BrN4O2S. The zero-order valence-electron chi connectivity index (χ0n) is 14.9. The lowest BCUT2D eigenvalue weighted by atomic mass is 10.2. The van der Waals surface area contributed by atoms with E-state index in [1.54, 1.807) is 6.92 Å². The average molecular weight is 435 g/mol. The van der Waals surface area contributed by atoms with E-state index in [1.165, 1.54) is 11.3 Å². The van der Waals surface area contributed by atoms with E-state index >= 15 is 0 Å². The summed E-state index contributed by atoms with van der Waals surface area (Å²) in [6.45, 7) is 4.29. The Morgan fingerprint density at radius 1 is 1.35 bits per heavy atom. The monoisotopic (exact) mass is 434 g/mol. The SMILES string of the molecule is Cc1ccc(NC(=O)c2sc3nc(CN(C)C)[nH]c(=O)c3c2C)cc1Br. The highest BCUT2D eigenvalue weighted by Gasteiger charge is 2.19. The van der Waals surface area contributed by atoms with Crippen molar-refractivity contribution < 1.29 is 4.79 Å². The minimum absolute atomic E-state index is 0.210. The largest absolute Gasteiger partial charge is 0.321 e. The van der Waals surface area contributed by atoms with Crippen molar-refractivity contribution in [2.75, 3.05) is 19.4 Å². The normalized spacial score (nSPS) is 11.3. The number of hydrogen-bond acceptors (Lipinski definition) is 5. The van der Waals surface area contributed by atoms with E-state index in [-0.39, 0.29) is 11.5 Å². The number of aromatic amines is 1. The van der Waals surface area contributed by atoms with E-state index in [1.807, 2.05) is 44.1 Å². The first kappa shape index (κ1) is 18.8. The minimum atomic E-state index is -0.241. The number of nitrogens with zero attached hydrogens (tertiary/aromatic N) is 2. The van der Waals surface area contributed by atoms with Gasteiger partial charge in [0.05, 0.1) is 16.8 Å². The third kappa shape index (κ3) is 3.72. The Bertz CT molecular complexity index is 1060. The van der Waals surface area contributed by atoms with Gasteiger partial charge in [-0.3, -0.25) is 9.59 Å². The van der Waals surface area contributed by atoms with Crippen LogP contribution in [0.1, 0.15) is 26.6 Å². The lowest BCUT2D eigenvalue weighted by Gasteiger charge is -2.07. The van der Waals surface area contributed by atoms with Gasteiger partial charge in [-0.05, 0) is 51.2 Å². The van der Waals surface area contributed by atoms with Gasteiger partial charge in [-0.25, -0.2) is 4.98 Å². The predicted molar refractivity (Wildman–Crippen MR) is 109 cm³/mol. The van der Waals surface area contributed by atoms with Gasteiger partial charge < -0.3 is 15.2 Å². The highest BCUT2D eigenvalue weighted by atomic mass is 79.9. The lowest BCUT2D eigenvalue weighted by Crippen LogP contribution is -2.18. The van der Waals surface area contributed by atoms with Gasteiger partial charge in [0.1, 0.15) is 10.7 Å². The molecule has 26 heavy (non-hydrogen) atoms. The van der Waals surface area contributed by atoms with Gasteiger partial charge in [0.2, 0.25) is 0 Å². The first-order chi connectivity index (χ1) is 12.3. The molecule has 0 saturated carbocycles. The zero-order chi connectivity index (χ0) is 19.0. The molecule has 1 aromatic carbocycles. The molecule has 6 nitrogen and oxygen atoms in total. The van der Waals surface area contributed by atoms with E-state index in [0.29, 0.717) is 38.7 Å². The topological polar surface area (TPSA) is 78.1 Å². The highest BCUT2D eigenvalue weighted by Crippen LogP contribution is 2.28. The molecule has 3 rings (SSSR count). The van der Waals surface area contributed by atoms with Crippen LogP contribution in [0.25, 0.3) is 10.2 Å². The van der Waals surface area contributed by atoms with Crippen LogP contribution in [-0.4, -0.2) is 34.9 Å². The fraction of sp³-hybridized carbons (Fsp3) is 0.278. The molecule has 0 aliphatic heterocycles. The van der Waals surface area contributed by atoms with Crippen LogP contribution in [0, 0.1) is 13.8 Å². The first-order valence-corrected chi connectivity index (χ1v) is 9.61. The quantitative estimate of drug-likeness (QED) is 0.656. The molecule has 0 aliphatic carbocycles. The Balaban J connectivity index is 1.97. The van der Waals surface area contributed by atoms with Crippen LogP contribution >= 0.6 is 27.3 Å². The molecule has 2 N–H and O–H groups in total. The van der Waals surface area contributed by atoms with E-state index in [9.17, 15) is 9.59 Å². The maximum atomic E-state index is 12.7. The number of nitrogens with one attached hydrogen (secondary N) is 2. The molecule has 2 aromatic heterocycles. The summed E-state index contributed by atoms with van der Waals surface area (Å²) >= 11 is 4.70. The average Bonchev–Trinajstić information content (AvgIpc) is 2.87. The van der Waals surface area contributed by atoms with Crippen molar-refractivity contribution in [2.24, 2.45) is 0 Å². The fourth-order valence-electron chi connectivity index (χ4n) is 2.64. The van der Waals surface area contributed by atoms with E-state index < -0.39 is 0 Å². The lowest BCUT2D eigenvalue weighted by molar-refractivity contribution is 0.103. The number of thiophene rings is 1. The van der Waals surface area contributed by atoms with Crippen molar-refractivity contribution in [2.45, 2.75) is 20.4 Å². The van der Waals surface area contributed by atoms with Crippen LogP contribution in [-0.2, 0) is 6.54 Å². The number of carbonyl (C=O) groups is 1. The van der Waals surface area contributed by atoms with Crippen LogP contribution in [0.3, 0.4) is 0 Å². The predicted octanol–water partition coefficient (Wildman–Crippen LogP) is 3.68. The second kappa shape index (κ2) is 7.30. The second-order valence-electron chi connectivity index (χ2n) is 6.40. The molecule has 0 atom stereocenters. The molecule has 0 spiro atoms. The number of halogens is 1. The summed E-state index contributed by atoms with van der Waals surface area (Å²) in [4.78, 5) is 35.5. The molecule has 0 aliphatic rings. The molecule has 136 valence electrons. The van der Waals surface area contributed by atoms with Gasteiger partial charge in [0, 0.05) is 10.2 Å². The number of carbonyl (C=O) groups excluding carboxylic acids is 1. The number of H-pyrrole nitrogens is 1. The summed E-state index contributed by atoms with van der Waals surface area (Å²) in [6.07, 6.45) is 0. The number of aromatic nitrogens is 2. The van der Waals surface area contributed by atoms with Crippen molar-refractivity contribution in [3.63, 3.8) is 0 Å². The van der Waals surface area contributed by atoms with Gasteiger partial charge in [-0.1, -0.05) is 22.0 Å². The van der Waals surface area contributed by atoms with Gasteiger partial charge in [-0.2, -0.15) is 0 Å². The summed E-state index contributed by atoms with van der Waals surface area (Å²) in [5, 5.41) is 3.37. The standard InChI is InChI=1S/C18H19BrN4O2S/c1-9-5-6-11(7-12(9)19)20-17(25)15-10(2)14-16(24)21-13(8-23(3)4)22-18(14)26-15/h5-7H,8H2,1-4H3,(H,20,25)(H,21,22,24). The molecule has 1 amide bonds. The van der Waals surface area contributed by atoms with Gasteiger partial charge in [0.25, 0.3) is 11.5 Å². The highest BCUT2D eigenvalue weighted by molar-refractivity contribution is 9.10. The van der Waals surface area contributed by atoms with E-state index in [4.69, 9.17) is 0 Å². The Kier molecular flexibility index (Phi) is 5.27. The summed E-state index contributed by atoms with van der Waals surface area (Å²) < 4.78 is 0.926. The maximum Gasteiger partial charge on any atom is 0.266 e. The van der Waals surface area contributed by atoms with Crippen molar-refractivity contribution in [1.29, 1.82) is 0 Å². The van der Waals surface area contributed by atoms with Crippen molar-refractivity contribution in [3.8, 4) is 0 Å². The van der Waals surface area contributed by atoms with Gasteiger partial charge in [0.15, 0.2) is 0 Å². The van der Waals surface area contributed by atoms with Crippen molar-refractivity contribution in [1.82, 2.24) is 14.9 Å². The third-order valence-corrected chi connectivity index (χ3v) is 5.99. The molecule has 0 fully saturated rings. The number of aryl methyl sites for hydroxylation is 2. The van der Waals surface area contributed by atoms with Gasteiger partial charge in [-0.15, -0.1) is 11.3 Å². The first-order valence-electron chi connectivity index (χ1n) is 8.00. The summed E-state index contributed by atoms with van der Waals surface area (Å²) in [5.41, 5.74) is 2.22. The number of benzene rings is 1. The van der Waals surface area contributed by atoms with E-state index in [2.05, 4.69) is 31.2 Å². The van der Waals surface area contributed by atoms with Crippen LogP contribution in [0.2, 0.25) is 0 Å². The molecule has 2 heterocycles. The number of rotatable bonds is 4. The van der Waals surface area contributed by atoms with Gasteiger partial charge >= 0.3 is 0 Å². The molecular weight excluding hydrogens is 416 g/mol. The Hall–Kier alpha value is -2.03. The Morgan fingerprint density at radius 3 is 2.73 bits per heavy atom. The Morgan fingerprint density at radius 2 is 2.08 bits per heavy atom. The number of fused-ring (bicyclic) bond motifs is 1. The molecule has 0 unspecified atom stereocenters. The van der Waals surface area contributed by atoms with Crippen molar-refractivity contribution >= 4 is 49.1 Å². The molecule has 8 heteroatoms. The van der Waals surface area contributed by atoms with Crippen molar-refractivity contribution in [3.05, 3.63) is 54.9 Å².